The van der Waals surface area contributed by atoms with Crippen LogP contribution >= 0.6 is 0 Å². The van der Waals surface area contributed by atoms with Gasteiger partial charge in [-0.15, -0.1) is 0 Å². The second-order valence-corrected chi connectivity index (χ2v) is 9.64. The Bertz CT molecular complexity index is 671. The van der Waals surface area contributed by atoms with Crippen LogP contribution in [0, 0.1) is 5.92 Å². The molecule has 2 aromatic carbocycles. The van der Waals surface area contributed by atoms with E-state index < -0.39 is 8.80 Å². The van der Waals surface area contributed by atoms with Gasteiger partial charge in [-0.3, -0.25) is 0 Å². The Kier molecular flexibility index (Phi) is 4.97. The molecule has 0 aliphatic heterocycles. The zero-order valence-corrected chi connectivity index (χ0v) is 15.6. The van der Waals surface area contributed by atoms with E-state index in [2.05, 4.69) is 87.5 Å². The fourth-order valence-electron chi connectivity index (χ4n) is 3.66. The van der Waals surface area contributed by atoms with E-state index in [-0.39, 0.29) is 0 Å². The Morgan fingerprint density at radius 2 is 1.43 bits per heavy atom. The minimum Gasteiger partial charge on any atom is -0.0700 e. The lowest BCUT2D eigenvalue weighted by atomic mass is 9.97. The molecule has 23 heavy (non-hydrogen) atoms. The number of allylic oxidation sites excluding steroid dienone is 4. The molecule has 0 heterocycles. The second-order valence-electron chi connectivity index (χ2n) is 6.70. The highest BCUT2D eigenvalue weighted by atomic mass is 28.3. The van der Waals surface area contributed by atoms with Crippen molar-refractivity contribution in [1.82, 2.24) is 0 Å². The smallest absolute Gasteiger partial charge is 0.0700 e. The molecule has 0 saturated carbocycles. The Morgan fingerprint density at radius 1 is 0.913 bits per heavy atom. The van der Waals surface area contributed by atoms with Gasteiger partial charge in [0.15, 0.2) is 0 Å². The normalized spacial score (nSPS) is 15.9. The van der Waals surface area contributed by atoms with Gasteiger partial charge >= 0.3 is 0 Å². The maximum atomic E-state index is 2.54. The lowest BCUT2D eigenvalue weighted by Crippen LogP contribution is -2.43. The van der Waals surface area contributed by atoms with Crippen LogP contribution in [0.4, 0.5) is 0 Å². The number of benzene rings is 2. The molecule has 1 heteroatoms. The van der Waals surface area contributed by atoms with Crippen LogP contribution in [0.5, 0.6) is 0 Å². The summed E-state index contributed by atoms with van der Waals surface area (Å²) in [4.78, 5) is 0. The van der Waals surface area contributed by atoms with Crippen molar-refractivity contribution in [3.8, 4) is 0 Å². The first-order valence-electron chi connectivity index (χ1n) is 8.70. The first kappa shape index (κ1) is 16.0. The van der Waals surface area contributed by atoms with Crippen LogP contribution in [0.3, 0.4) is 0 Å². The molecule has 2 aromatic rings. The van der Waals surface area contributed by atoms with E-state index in [0.717, 1.165) is 0 Å². The maximum Gasteiger partial charge on any atom is 0.128 e. The van der Waals surface area contributed by atoms with Crippen LogP contribution in [0.15, 0.2) is 83.1 Å². The summed E-state index contributed by atoms with van der Waals surface area (Å²) < 4.78 is 0. The predicted octanol–water partition coefficient (Wildman–Crippen LogP) is 4.26. The van der Waals surface area contributed by atoms with Crippen LogP contribution in [0.2, 0.25) is 0 Å². The summed E-state index contributed by atoms with van der Waals surface area (Å²) in [5.41, 5.74) is 3.17. The Morgan fingerprint density at radius 3 is 1.91 bits per heavy atom. The van der Waals surface area contributed by atoms with Gasteiger partial charge in [-0.25, -0.2) is 0 Å². The van der Waals surface area contributed by atoms with Crippen LogP contribution < -0.4 is 10.4 Å². The summed E-state index contributed by atoms with van der Waals surface area (Å²) in [5, 5.41) is 4.74. The Hall–Kier alpha value is -1.86. The molecular weight excluding hydrogens is 292 g/mol. The van der Waals surface area contributed by atoms with E-state index in [4.69, 9.17) is 0 Å². The summed E-state index contributed by atoms with van der Waals surface area (Å²) in [5.74, 6) is 0.675. The Labute approximate surface area is 142 Å². The van der Waals surface area contributed by atoms with E-state index in [1.807, 2.05) is 0 Å². The van der Waals surface area contributed by atoms with Gasteiger partial charge in [0.25, 0.3) is 0 Å². The molecule has 1 unspecified atom stereocenters. The van der Waals surface area contributed by atoms with Crippen molar-refractivity contribution in [3.05, 3.63) is 83.1 Å². The molecule has 1 atom stereocenters. The highest BCUT2D eigenvalue weighted by Gasteiger charge is 2.26. The average Bonchev–Trinajstić information content (AvgIpc) is 2.98. The standard InChI is InChI=1S/C22H26Si/c1-4-17(2)22-16-21(15-18(22)3)23(19-11-7-5-8-12-19)20-13-9-6-10-14-20/h5-14,16-17,23H,4,15H2,1-3H3. The molecule has 1 aliphatic carbocycles. The first-order chi connectivity index (χ1) is 11.2. The van der Waals surface area contributed by atoms with Crippen molar-refractivity contribution in [3.63, 3.8) is 0 Å². The van der Waals surface area contributed by atoms with Gasteiger partial charge in [0.05, 0.1) is 0 Å². The largest absolute Gasteiger partial charge is 0.128 e. The maximum absolute atomic E-state index is 2.54. The van der Waals surface area contributed by atoms with Crippen molar-refractivity contribution in [2.75, 3.05) is 0 Å². The molecule has 0 nitrogen and oxygen atoms in total. The van der Waals surface area contributed by atoms with Crippen molar-refractivity contribution in [2.24, 2.45) is 5.92 Å². The lowest BCUT2D eigenvalue weighted by Gasteiger charge is -2.18. The van der Waals surface area contributed by atoms with Gasteiger partial charge in [-0.1, -0.05) is 102 Å². The third kappa shape index (κ3) is 3.40. The highest BCUT2D eigenvalue weighted by molar-refractivity contribution is 6.91. The molecule has 0 aromatic heterocycles. The van der Waals surface area contributed by atoms with Crippen LogP contribution in [-0.4, -0.2) is 8.80 Å². The molecule has 0 spiro atoms. The summed E-state index contributed by atoms with van der Waals surface area (Å²) in [7, 11) is -1.31. The molecule has 0 fully saturated rings. The molecule has 0 radical (unpaired) electrons. The van der Waals surface area contributed by atoms with E-state index in [1.165, 1.54) is 23.2 Å². The monoisotopic (exact) mass is 318 g/mol. The summed E-state index contributed by atoms with van der Waals surface area (Å²) in [6.45, 7) is 6.98. The van der Waals surface area contributed by atoms with Crippen molar-refractivity contribution < 1.29 is 0 Å². The molecule has 0 bridgehead atoms. The minimum absolute atomic E-state index is 0.675. The molecule has 0 saturated heterocycles. The van der Waals surface area contributed by atoms with E-state index in [0.29, 0.717) is 5.92 Å². The SMILES string of the molecule is CCC(C)C1=C(C)CC([SiH](c2ccccc2)c2ccccc2)=C1. The van der Waals surface area contributed by atoms with E-state index in [9.17, 15) is 0 Å². The molecule has 118 valence electrons. The van der Waals surface area contributed by atoms with Gasteiger partial charge < -0.3 is 0 Å². The molecule has 0 amide bonds. The van der Waals surface area contributed by atoms with Crippen molar-refractivity contribution >= 4 is 19.2 Å². The van der Waals surface area contributed by atoms with E-state index in [1.54, 1.807) is 16.3 Å². The first-order valence-corrected chi connectivity index (χ1v) is 10.4. The summed E-state index contributed by atoms with van der Waals surface area (Å²) in [6.07, 6.45) is 4.93. The number of hydrogen-bond acceptors (Lipinski definition) is 0. The van der Waals surface area contributed by atoms with Crippen LogP contribution in [0.1, 0.15) is 33.6 Å². The number of hydrogen-bond donors (Lipinski definition) is 0. The van der Waals surface area contributed by atoms with Gasteiger partial charge in [0.1, 0.15) is 8.80 Å². The minimum atomic E-state index is -1.31. The van der Waals surface area contributed by atoms with Gasteiger partial charge in [0, 0.05) is 0 Å². The van der Waals surface area contributed by atoms with Gasteiger partial charge in [0.2, 0.25) is 0 Å². The molecule has 3 rings (SSSR count). The highest BCUT2D eigenvalue weighted by Crippen LogP contribution is 2.32. The predicted molar refractivity (Wildman–Crippen MR) is 104 cm³/mol. The summed E-state index contributed by atoms with van der Waals surface area (Å²) >= 11 is 0. The van der Waals surface area contributed by atoms with Crippen molar-refractivity contribution in [1.29, 1.82) is 0 Å². The lowest BCUT2D eigenvalue weighted by molar-refractivity contribution is 0.666. The quantitative estimate of drug-likeness (QED) is 0.723. The Balaban J connectivity index is 2.02. The van der Waals surface area contributed by atoms with Gasteiger partial charge in [-0.2, -0.15) is 0 Å². The molecular formula is C22H26Si. The van der Waals surface area contributed by atoms with Crippen LogP contribution in [0.25, 0.3) is 0 Å². The zero-order chi connectivity index (χ0) is 16.2. The van der Waals surface area contributed by atoms with Gasteiger partial charge in [-0.05, 0) is 31.3 Å². The third-order valence-corrected chi connectivity index (χ3v) is 8.30. The topological polar surface area (TPSA) is 0 Å². The fraction of sp³-hybridized carbons (Fsp3) is 0.273. The summed E-state index contributed by atoms with van der Waals surface area (Å²) in [6, 6.07) is 22.3. The number of rotatable bonds is 5. The van der Waals surface area contributed by atoms with Crippen LogP contribution in [-0.2, 0) is 0 Å². The molecule has 1 aliphatic rings. The average molecular weight is 319 g/mol. The fourth-order valence-corrected chi connectivity index (χ4v) is 6.97. The van der Waals surface area contributed by atoms with E-state index >= 15 is 0 Å². The zero-order valence-electron chi connectivity index (χ0n) is 14.4. The molecule has 0 N–H and O–H groups in total. The second kappa shape index (κ2) is 7.14. The third-order valence-electron chi connectivity index (χ3n) is 5.08. The van der Waals surface area contributed by atoms with Crippen molar-refractivity contribution in [2.45, 2.75) is 33.6 Å².